The third-order valence-electron chi connectivity index (χ3n) is 3.09. The van der Waals surface area contributed by atoms with E-state index in [1.54, 1.807) is 0 Å². The van der Waals surface area contributed by atoms with E-state index in [0.29, 0.717) is 12.6 Å². The summed E-state index contributed by atoms with van der Waals surface area (Å²) in [4.78, 5) is 2.29. The number of likely N-dealkylation sites (N-methyl/N-ethyl adjacent to an activating group) is 1. The highest BCUT2D eigenvalue weighted by Gasteiger charge is 2.21. The number of hydrogen-bond acceptors (Lipinski definition) is 2. The van der Waals surface area contributed by atoms with Gasteiger partial charge in [0.2, 0.25) is 0 Å². The molecule has 1 atom stereocenters. The van der Waals surface area contributed by atoms with Crippen LogP contribution in [0.2, 0.25) is 0 Å². The van der Waals surface area contributed by atoms with Crippen molar-refractivity contribution in [1.29, 1.82) is 0 Å². The molecule has 1 aromatic rings. The van der Waals surface area contributed by atoms with Crippen molar-refractivity contribution in [3.05, 3.63) is 34.1 Å². The van der Waals surface area contributed by atoms with Gasteiger partial charge in [0, 0.05) is 35.7 Å². The molecule has 1 N–H and O–H groups in total. The summed E-state index contributed by atoms with van der Waals surface area (Å²) in [5.41, 5.74) is 0.778. The molecule has 1 aliphatic heterocycles. The van der Waals surface area contributed by atoms with Crippen LogP contribution < -0.4 is 5.32 Å². The lowest BCUT2D eigenvalue weighted by Gasteiger charge is -2.16. The van der Waals surface area contributed by atoms with Crippen molar-refractivity contribution < 1.29 is 4.39 Å². The largest absolute Gasteiger partial charge is 0.316 e. The van der Waals surface area contributed by atoms with Crippen LogP contribution >= 0.6 is 28.3 Å². The monoisotopic (exact) mass is 322 g/mol. The van der Waals surface area contributed by atoms with Gasteiger partial charge >= 0.3 is 0 Å². The maximum Gasteiger partial charge on any atom is 0.128 e. The molecule has 96 valence electrons. The Labute approximate surface area is 116 Å². The lowest BCUT2D eigenvalue weighted by molar-refractivity contribution is 0.317. The molecule has 0 bridgehead atoms. The molecule has 1 aliphatic rings. The Kier molecular flexibility index (Phi) is 5.86. The van der Waals surface area contributed by atoms with E-state index >= 15 is 0 Å². The smallest absolute Gasteiger partial charge is 0.128 e. The van der Waals surface area contributed by atoms with E-state index in [9.17, 15) is 4.39 Å². The van der Waals surface area contributed by atoms with E-state index in [1.807, 2.05) is 19.2 Å². The first-order chi connectivity index (χ1) is 7.69. The third-order valence-corrected chi connectivity index (χ3v) is 3.58. The number of rotatable bonds is 3. The highest BCUT2D eigenvalue weighted by Crippen LogP contribution is 2.19. The minimum Gasteiger partial charge on any atom is -0.316 e. The van der Waals surface area contributed by atoms with Crippen molar-refractivity contribution in [2.24, 2.45) is 0 Å². The van der Waals surface area contributed by atoms with Crippen LogP contribution in [-0.4, -0.2) is 31.1 Å². The van der Waals surface area contributed by atoms with Crippen LogP contribution in [0.5, 0.6) is 0 Å². The Balaban J connectivity index is 0.00000144. The van der Waals surface area contributed by atoms with Crippen LogP contribution in [0.15, 0.2) is 22.7 Å². The minimum absolute atomic E-state index is 0. The van der Waals surface area contributed by atoms with Crippen molar-refractivity contribution in [1.82, 2.24) is 10.2 Å². The highest BCUT2D eigenvalue weighted by molar-refractivity contribution is 9.10. The fourth-order valence-corrected chi connectivity index (χ4v) is 2.44. The Hall–Kier alpha value is -0.160. The Morgan fingerprint density at radius 2 is 2.29 bits per heavy atom. The predicted molar refractivity (Wildman–Crippen MR) is 74.1 cm³/mol. The zero-order valence-corrected chi connectivity index (χ0v) is 12.2. The standard InChI is InChI=1S/C12H16BrFN2.ClH/c1-15-11-4-5-16(8-11)7-9-2-3-10(13)6-12(9)14;/h2-3,6,11,15H,4-5,7-8H2,1H3;1H. The minimum atomic E-state index is -0.123. The summed E-state index contributed by atoms with van der Waals surface area (Å²) in [6, 6.07) is 5.83. The lowest BCUT2D eigenvalue weighted by Crippen LogP contribution is -2.29. The molecule has 0 aromatic heterocycles. The van der Waals surface area contributed by atoms with Crippen molar-refractivity contribution in [3.63, 3.8) is 0 Å². The van der Waals surface area contributed by atoms with Gasteiger partial charge in [0.05, 0.1) is 0 Å². The maximum absolute atomic E-state index is 13.6. The van der Waals surface area contributed by atoms with Gasteiger partial charge in [-0.25, -0.2) is 4.39 Å². The lowest BCUT2D eigenvalue weighted by atomic mass is 10.2. The molecule has 1 unspecified atom stereocenters. The number of benzene rings is 1. The van der Waals surface area contributed by atoms with Gasteiger partial charge in [0.15, 0.2) is 0 Å². The summed E-state index contributed by atoms with van der Waals surface area (Å²) in [6.07, 6.45) is 1.15. The fraction of sp³-hybridized carbons (Fsp3) is 0.500. The van der Waals surface area contributed by atoms with Gasteiger partial charge in [-0.05, 0) is 25.6 Å². The fourth-order valence-electron chi connectivity index (χ4n) is 2.10. The first-order valence-electron chi connectivity index (χ1n) is 5.52. The Bertz CT molecular complexity index is 376. The summed E-state index contributed by atoms with van der Waals surface area (Å²) in [6.45, 7) is 2.75. The van der Waals surface area contributed by atoms with Gasteiger partial charge in [0.1, 0.15) is 5.82 Å². The quantitative estimate of drug-likeness (QED) is 0.920. The van der Waals surface area contributed by atoms with Crippen LogP contribution in [0.4, 0.5) is 4.39 Å². The van der Waals surface area contributed by atoms with Gasteiger partial charge in [-0.2, -0.15) is 0 Å². The summed E-state index contributed by atoms with van der Waals surface area (Å²) < 4.78 is 14.4. The molecule has 17 heavy (non-hydrogen) atoms. The molecule has 1 saturated heterocycles. The average Bonchev–Trinajstić information content (AvgIpc) is 2.70. The van der Waals surface area contributed by atoms with Gasteiger partial charge in [-0.1, -0.05) is 22.0 Å². The summed E-state index contributed by atoms with van der Waals surface area (Å²) in [5.74, 6) is -0.123. The number of halogens is 3. The molecule has 0 aliphatic carbocycles. The maximum atomic E-state index is 13.6. The second kappa shape index (κ2) is 6.69. The van der Waals surface area contributed by atoms with Crippen molar-refractivity contribution in [2.45, 2.75) is 19.0 Å². The molecule has 2 rings (SSSR count). The van der Waals surface area contributed by atoms with Gasteiger partial charge in [-0.3, -0.25) is 4.90 Å². The molecular weight excluding hydrogens is 307 g/mol. The van der Waals surface area contributed by atoms with Gasteiger partial charge < -0.3 is 5.32 Å². The van der Waals surface area contributed by atoms with Crippen molar-refractivity contribution in [3.8, 4) is 0 Å². The third kappa shape index (κ3) is 3.91. The van der Waals surface area contributed by atoms with Gasteiger partial charge in [-0.15, -0.1) is 12.4 Å². The van der Waals surface area contributed by atoms with Crippen LogP contribution in [0.1, 0.15) is 12.0 Å². The topological polar surface area (TPSA) is 15.3 Å². The first kappa shape index (κ1) is 14.9. The molecule has 2 nitrogen and oxygen atoms in total. The average molecular weight is 324 g/mol. The number of hydrogen-bond donors (Lipinski definition) is 1. The molecule has 1 heterocycles. The normalized spacial score (nSPS) is 20.3. The number of nitrogens with one attached hydrogen (secondary N) is 1. The van der Waals surface area contributed by atoms with Crippen molar-refractivity contribution in [2.75, 3.05) is 20.1 Å². The summed E-state index contributed by atoms with van der Waals surface area (Å²) >= 11 is 3.27. The Morgan fingerprint density at radius 3 is 2.88 bits per heavy atom. The van der Waals surface area contributed by atoms with E-state index in [1.165, 1.54) is 6.07 Å². The zero-order chi connectivity index (χ0) is 11.5. The van der Waals surface area contributed by atoms with E-state index in [2.05, 4.69) is 26.1 Å². The highest BCUT2D eigenvalue weighted by atomic mass is 79.9. The number of nitrogens with zero attached hydrogens (tertiary/aromatic N) is 1. The summed E-state index contributed by atoms with van der Waals surface area (Å²) in [5, 5.41) is 3.26. The molecule has 0 amide bonds. The SMILES string of the molecule is CNC1CCN(Cc2ccc(Br)cc2F)C1.Cl. The zero-order valence-electron chi connectivity index (χ0n) is 9.75. The van der Waals surface area contributed by atoms with Crippen LogP contribution in [0.25, 0.3) is 0 Å². The molecule has 0 spiro atoms. The Morgan fingerprint density at radius 1 is 1.53 bits per heavy atom. The van der Waals surface area contributed by atoms with E-state index in [0.717, 1.165) is 29.5 Å². The molecule has 1 aromatic carbocycles. The second-order valence-electron chi connectivity index (χ2n) is 4.25. The van der Waals surface area contributed by atoms with Crippen molar-refractivity contribution >= 4 is 28.3 Å². The molecule has 0 radical (unpaired) electrons. The molecule has 5 heteroatoms. The van der Waals surface area contributed by atoms with E-state index in [4.69, 9.17) is 0 Å². The van der Waals surface area contributed by atoms with Crippen LogP contribution in [-0.2, 0) is 6.54 Å². The van der Waals surface area contributed by atoms with Gasteiger partial charge in [0.25, 0.3) is 0 Å². The van der Waals surface area contributed by atoms with Crippen LogP contribution in [0.3, 0.4) is 0 Å². The first-order valence-corrected chi connectivity index (χ1v) is 6.32. The number of likely N-dealkylation sites (tertiary alicyclic amines) is 1. The molecular formula is C12H17BrClFN2. The summed E-state index contributed by atoms with van der Waals surface area (Å²) in [7, 11) is 1.98. The van der Waals surface area contributed by atoms with E-state index < -0.39 is 0 Å². The van der Waals surface area contributed by atoms with Crippen LogP contribution in [0, 0.1) is 5.82 Å². The predicted octanol–water partition coefficient (Wildman–Crippen LogP) is 2.80. The second-order valence-corrected chi connectivity index (χ2v) is 5.16. The molecule has 0 saturated carbocycles. The molecule has 1 fully saturated rings. The van der Waals surface area contributed by atoms with E-state index in [-0.39, 0.29) is 18.2 Å².